The SMILES string of the molecule is C=CC(=O)CC1CN(C(C)=O)CC1Nc1ncc2cc(-c3c(Cl)c(OC)cc(OC)c3Cl)ccc2n1.C=CC(=O)CC1CNCC1Nc1ncc2cc(-c3c(Cl)c(OC)cc(OC)c3Cl)ccc2n1.CC(=O)Cl. The van der Waals surface area contributed by atoms with Crippen molar-refractivity contribution >= 4 is 114 Å². The maximum atomic E-state index is 12.0. The molecule has 16 nitrogen and oxygen atoms in total. The van der Waals surface area contributed by atoms with Gasteiger partial charge < -0.3 is 39.8 Å². The Bertz CT molecular complexity index is 3010. The lowest BCUT2D eigenvalue weighted by Gasteiger charge is -2.19. The van der Waals surface area contributed by atoms with Gasteiger partial charge in [-0.1, -0.05) is 71.7 Å². The second-order valence-electron chi connectivity index (χ2n) is 16.8. The van der Waals surface area contributed by atoms with Crippen LogP contribution < -0.4 is 34.9 Å². The number of methoxy groups -OCH3 is 4. The molecule has 0 bridgehead atoms. The highest BCUT2D eigenvalue weighted by Crippen LogP contribution is 2.48. The van der Waals surface area contributed by atoms with E-state index in [4.69, 9.17) is 65.4 Å². The van der Waals surface area contributed by atoms with Gasteiger partial charge in [-0.15, -0.1) is 0 Å². The number of benzene rings is 4. The first-order chi connectivity index (χ1) is 34.9. The van der Waals surface area contributed by atoms with Crippen molar-refractivity contribution in [3.63, 3.8) is 0 Å². The summed E-state index contributed by atoms with van der Waals surface area (Å²) < 4.78 is 21.5. The van der Waals surface area contributed by atoms with Crippen LogP contribution >= 0.6 is 58.0 Å². The Kier molecular flexibility index (Phi) is 19.6. The number of ketones is 2. The Morgan fingerprint density at radius 3 is 1.45 bits per heavy atom. The number of amides is 1. The van der Waals surface area contributed by atoms with E-state index >= 15 is 0 Å². The lowest BCUT2D eigenvalue weighted by Crippen LogP contribution is -2.31. The zero-order valence-electron chi connectivity index (χ0n) is 40.8. The Morgan fingerprint density at radius 2 is 1.05 bits per heavy atom. The van der Waals surface area contributed by atoms with Gasteiger partial charge in [0, 0.05) is 117 Å². The van der Waals surface area contributed by atoms with Gasteiger partial charge in [0.05, 0.1) is 65.6 Å². The van der Waals surface area contributed by atoms with E-state index in [2.05, 4.69) is 60.6 Å². The number of nitrogens with one attached hydrogen (secondary N) is 3. The van der Waals surface area contributed by atoms with Gasteiger partial charge in [0.2, 0.25) is 23.0 Å². The van der Waals surface area contributed by atoms with Crippen molar-refractivity contribution in [2.75, 3.05) is 65.3 Å². The van der Waals surface area contributed by atoms with E-state index in [9.17, 15) is 19.2 Å². The van der Waals surface area contributed by atoms with Crippen molar-refractivity contribution in [3.05, 3.63) is 106 Å². The highest BCUT2D eigenvalue weighted by molar-refractivity contribution is 6.62. The van der Waals surface area contributed by atoms with Crippen molar-refractivity contribution in [1.82, 2.24) is 30.2 Å². The van der Waals surface area contributed by atoms with Crippen LogP contribution in [0.4, 0.5) is 11.9 Å². The summed E-state index contributed by atoms with van der Waals surface area (Å²) >= 11 is 30.9. The molecule has 1 amide bonds. The predicted molar refractivity (Wildman–Crippen MR) is 289 cm³/mol. The van der Waals surface area contributed by atoms with E-state index in [1.807, 2.05) is 36.4 Å². The average Bonchev–Trinajstić information content (AvgIpc) is 3.99. The third-order valence-electron chi connectivity index (χ3n) is 12.1. The minimum absolute atomic E-state index is 0.0335. The van der Waals surface area contributed by atoms with Gasteiger partial charge in [0.1, 0.15) is 23.0 Å². The molecule has 0 radical (unpaired) electrons. The number of anilines is 2. The summed E-state index contributed by atoms with van der Waals surface area (Å²) in [6.07, 6.45) is 6.88. The van der Waals surface area contributed by atoms with Crippen LogP contribution in [-0.4, -0.2) is 114 Å². The fourth-order valence-corrected chi connectivity index (χ4v) is 9.86. The Balaban J connectivity index is 0.000000223. The largest absolute Gasteiger partial charge is 0.495 e. The summed E-state index contributed by atoms with van der Waals surface area (Å²) in [6, 6.07) is 14.5. The van der Waals surface area contributed by atoms with Gasteiger partial charge in [-0.25, -0.2) is 19.9 Å². The standard InChI is InChI=1S/C26H26Cl2N4O4.C24H24Cl2N4O3.C2H3ClO/c1-5-18(34)9-17-12-32(14(2)33)13-20(17)31-26-29-11-16-8-15(6-7-19(16)30-26)23-24(27)21(35-3)10-22(36-4)25(23)28;1-4-16(31)8-15-10-27-12-18(15)30-24-28-11-14-7-13(5-6-17(14)29-24)21-22(25)19(32-2)9-20(33-3)23(21)26;1-2(3)4/h5-8,10-11,17,20H,1,9,12-13H2,2-4H3,(H,29,30,31);4-7,9,11,15,18,27H,1,8,10,12H2,2-3H3,(H,28,29,30);1H3. The second-order valence-corrected chi connectivity index (χ2v) is 18.9. The van der Waals surface area contributed by atoms with Crippen LogP contribution in [0.2, 0.25) is 20.1 Å². The Hall–Kier alpha value is -6.27. The van der Waals surface area contributed by atoms with Crippen LogP contribution in [0.25, 0.3) is 44.1 Å². The summed E-state index contributed by atoms with van der Waals surface area (Å²) in [4.78, 5) is 64.9. The van der Waals surface area contributed by atoms with Crippen molar-refractivity contribution in [2.45, 2.75) is 38.8 Å². The maximum Gasteiger partial charge on any atom is 0.223 e. The van der Waals surface area contributed by atoms with E-state index in [-0.39, 0.29) is 46.6 Å². The van der Waals surface area contributed by atoms with Crippen LogP contribution in [0.5, 0.6) is 23.0 Å². The molecule has 8 rings (SSSR count). The first kappa shape index (κ1) is 56.0. The molecule has 4 aromatic carbocycles. The smallest absolute Gasteiger partial charge is 0.223 e. The highest BCUT2D eigenvalue weighted by atomic mass is 35.5. The number of likely N-dealkylation sites (tertiary alicyclic amines) is 1. The molecule has 0 aliphatic carbocycles. The number of fused-ring (bicyclic) bond motifs is 2. The number of ether oxygens (including phenoxy) is 4. The fourth-order valence-electron chi connectivity index (χ4n) is 8.43. The van der Waals surface area contributed by atoms with Crippen LogP contribution in [0.1, 0.15) is 26.7 Å². The van der Waals surface area contributed by atoms with Gasteiger partial charge in [-0.05, 0) is 59.1 Å². The first-order valence-corrected chi connectivity index (χ1v) is 24.5. The Morgan fingerprint density at radius 1 is 0.644 bits per heavy atom. The molecular weight excluding hydrogens is 1040 g/mol. The molecule has 0 saturated carbocycles. The Labute approximate surface area is 447 Å². The molecule has 4 heterocycles. The molecule has 2 aliphatic rings. The van der Waals surface area contributed by atoms with Gasteiger partial charge in [0.25, 0.3) is 0 Å². The van der Waals surface area contributed by atoms with Crippen LogP contribution in [0, 0.1) is 11.8 Å². The molecule has 2 aromatic heterocycles. The fraction of sp³-hybridized carbons (Fsp3) is 0.308. The molecule has 0 spiro atoms. The van der Waals surface area contributed by atoms with E-state index in [0.29, 0.717) is 97.6 Å². The van der Waals surface area contributed by atoms with Crippen LogP contribution in [0.15, 0.2) is 86.2 Å². The molecule has 3 N–H and O–H groups in total. The summed E-state index contributed by atoms with van der Waals surface area (Å²) in [5.74, 6) is 2.81. The summed E-state index contributed by atoms with van der Waals surface area (Å²) in [7, 11) is 6.13. The van der Waals surface area contributed by atoms with Gasteiger partial charge >= 0.3 is 0 Å². The monoisotopic (exact) mass is 1090 g/mol. The quantitative estimate of drug-likeness (QED) is 0.0611. The molecule has 4 atom stereocenters. The van der Waals surface area contributed by atoms with Gasteiger partial charge in [0.15, 0.2) is 11.6 Å². The highest BCUT2D eigenvalue weighted by Gasteiger charge is 2.35. The normalized spacial score (nSPS) is 16.8. The third-order valence-corrected chi connectivity index (χ3v) is 13.6. The van der Waals surface area contributed by atoms with Crippen molar-refractivity contribution in [1.29, 1.82) is 0 Å². The zero-order chi connectivity index (χ0) is 53.1. The maximum absolute atomic E-state index is 12.0. The van der Waals surface area contributed by atoms with Crippen LogP contribution in [-0.2, 0) is 19.2 Å². The van der Waals surface area contributed by atoms with E-state index in [0.717, 1.165) is 40.5 Å². The summed E-state index contributed by atoms with van der Waals surface area (Å²) in [6.45, 7) is 12.4. The van der Waals surface area contributed by atoms with Gasteiger partial charge in [-0.2, -0.15) is 0 Å². The summed E-state index contributed by atoms with van der Waals surface area (Å²) in [5.41, 5.74) is 4.23. The lowest BCUT2D eigenvalue weighted by molar-refractivity contribution is -0.128. The molecule has 384 valence electrons. The molecule has 2 fully saturated rings. The number of carbonyl (C=O) groups excluding carboxylic acids is 4. The number of hydrogen-bond donors (Lipinski definition) is 3. The molecule has 4 unspecified atom stereocenters. The minimum Gasteiger partial charge on any atom is -0.495 e. The minimum atomic E-state index is -0.361. The number of allylic oxidation sites excluding steroid dienone is 2. The van der Waals surface area contributed by atoms with Crippen LogP contribution in [0.3, 0.4) is 0 Å². The number of hydrogen-bond acceptors (Lipinski definition) is 15. The molecule has 21 heteroatoms. The predicted octanol–water partition coefficient (Wildman–Crippen LogP) is 10.6. The van der Waals surface area contributed by atoms with Crippen molar-refractivity contribution in [3.8, 4) is 45.3 Å². The topological polar surface area (TPSA) is 196 Å². The zero-order valence-corrected chi connectivity index (χ0v) is 44.6. The third kappa shape index (κ3) is 13.7. The van der Waals surface area contributed by atoms with E-state index in [1.165, 1.54) is 40.2 Å². The number of rotatable bonds is 16. The first-order valence-electron chi connectivity index (χ1n) is 22.6. The number of aromatic nitrogens is 4. The molecule has 2 saturated heterocycles. The molecule has 73 heavy (non-hydrogen) atoms. The number of halogens is 5. The number of nitrogens with zero attached hydrogens (tertiary/aromatic N) is 5. The number of carbonyl (C=O) groups is 4. The average molecular weight is 1100 g/mol. The molecule has 6 aromatic rings. The lowest BCUT2D eigenvalue weighted by atomic mass is 9.97. The molecular formula is C52H53Cl5N8O8. The van der Waals surface area contributed by atoms with Crippen molar-refractivity contribution < 1.29 is 38.1 Å². The van der Waals surface area contributed by atoms with E-state index < -0.39 is 0 Å². The van der Waals surface area contributed by atoms with Gasteiger partial charge in [-0.3, -0.25) is 19.2 Å². The second kappa shape index (κ2) is 25.6. The van der Waals surface area contributed by atoms with E-state index in [1.54, 1.807) is 43.6 Å². The van der Waals surface area contributed by atoms with Crippen molar-refractivity contribution in [2.24, 2.45) is 11.8 Å². The molecule has 2 aliphatic heterocycles. The summed E-state index contributed by atoms with van der Waals surface area (Å²) in [5, 5.41) is 12.8.